The van der Waals surface area contributed by atoms with Crippen molar-refractivity contribution in [3.63, 3.8) is 0 Å². The number of amides is 1. The second-order valence-electron chi connectivity index (χ2n) is 4.36. The number of nitrogens with zero attached hydrogens (tertiary/aromatic N) is 1. The monoisotopic (exact) mass is 290 g/mol. The lowest BCUT2D eigenvalue weighted by molar-refractivity contribution is -0.122. The van der Waals surface area contributed by atoms with Gasteiger partial charge in [0.1, 0.15) is 0 Å². The Morgan fingerprint density at radius 2 is 2.33 bits per heavy atom. The van der Waals surface area contributed by atoms with Crippen molar-refractivity contribution in [2.45, 2.75) is 26.0 Å². The van der Waals surface area contributed by atoms with E-state index in [1.807, 2.05) is 24.1 Å². The highest BCUT2D eigenvalue weighted by Gasteiger charge is 2.07. The molecular formula is C12H19ClN2O2S. The number of thiophene rings is 1. The molecule has 1 atom stereocenters. The van der Waals surface area contributed by atoms with E-state index in [4.69, 9.17) is 16.7 Å². The van der Waals surface area contributed by atoms with E-state index in [1.54, 1.807) is 6.92 Å². The molecule has 0 saturated heterocycles. The highest BCUT2D eigenvalue weighted by atomic mass is 35.5. The van der Waals surface area contributed by atoms with E-state index < -0.39 is 0 Å². The van der Waals surface area contributed by atoms with Crippen LogP contribution in [0.4, 0.5) is 0 Å². The molecule has 1 heterocycles. The predicted octanol–water partition coefficient (Wildman–Crippen LogP) is 1.72. The topological polar surface area (TPSA) is 52.6 Å². The molecule has 18 heavy (non-hydrogen) atoms. The summed E-state index contributed by atoms with van der Waals surface area (Å²) in [7, 11) is 1.87. The van der Waals surface area contributed by atoms with Crippen LogP contribution >= 0.6 is 22.9 Å². The molecule has 1 aromatic heterocycles. The average molecular weight is 291 g/mol. The summed E-state index contributed by atoms with van der Waals surface area (Å²) >= 11 is 7.27. The van der Waals surface area contributed by atoms with Crippen LogP contribution in [0.15, 0.2) is 12.1 Å². The predicted molar refractivity (Wildman–Crippen MR) is 75.0 cm³/mol. The second kappa shape index (κ2) is 7.74. The lowest BCUT2D eigenvalue weighted by Crippen LogP contribution is -2.35. The van der Waals surface area contributed by atoms with E-state index in [0.717, 1.165) is 9.21 Å². The fourth-order valence-corrected chi connectivity index (χ4v) is 2.45. The van der Waals surface area contributed by atoms with Gasteiger partial charge in [-0.3, -0.25) is 9.69 Å². The van der Waals surface area contributed by atoms with E-state index in [0.29, 0.717) is 26.1 Å². The number of likely N-dealkylation sites (N-methyl/N-ethyl adjacent to an activating group) is 1. The molecule has 1 rings (SSSR count). The Kier molecular flexibility index (Phi) is 6.63. The lowest BCUT2D eigenvalue weighted by atomic mass is 10.3. The SMILES string of the molecule is CC(O)CCN(C)CC(=O)NCc1ccc(Cl)s1. The third kappa shape index (κ3) is 6.35. The molecule has 0 aliphatic heterocycles. The largest absolute Gasteiger partial charge is 0.393 e. The number of rotatable bonds is 7. The number of halogens is 1. The van der Waals surface area contributed by atoms with E-state index >= 15 is 0 Å². The molecule has 1 aromatic rings. The fourth-order valence-electron chi connectivity index (χ4n) is 1.42. The molecule has 6 heteroatoms. The van der Waals surface area contributed by atoms with Crippen molar-refractivity contribution in [1.82, 2.24) is 10.2 Å². The third-order valence-corrected chi connectivity index (χ3v) is 3.66. The quantitative estimate of drug-likeness (QED) is 0.804. The zero-order chi connectivity index (χ0) is 13.5. The Morgan fingerprint density at radius 1 is 1.61 bits per heavy atom. The molecular weight excluding hydrogens is 272 g/mol. The summed E-state index contributed by atoms with van der Waals surface area (Å²) in [6.45, 7) is 3.30. The van der Waals surface area contributed by atoms with Crippen molar-refractivity contribution in [3.8, 4) is 0 Å². The maximum absolute atomic E-state index is 11.6. The molecule has 2 N–H and O–H groups in total. The van der Waals surface area contributed by atoms with Crippen molar-refractivity contribution in [1.29, 1.82) is 0 Å². The van der Waals surface area contributed by atoms with E-state index in [2.05, 4.69) is 5.32 Å². The Bertz CT molecular complexity index is 382. The molecule has 0 aromatic carbocycles. The summed E-state index contributed by atoms with van der Waals surface area (Å²) in [6.07, 6.45) is 0.341. The molecule has 0 fully saturated rings. The number of nitrogens with one attached hydrogen (secondary N) is 1. The summed E-state index contributed by atoms with van der Waals surface area (Å²) < 4.78 is 0.730. The van der Waals surface area contributed by atoms with Gasteiger partial charge < -0.3 is 10.4 Å². The van der Waals surface area contributed by atoms with Gasteiger partial charge in [-0.15, -0.1) is 11.3 Å². The first-order valence-corrected chi connectivity index (χ1v) is 7.04. The molecule has 4 nitrogen and oxygen atoms in total. The summed E-state index contributed by atoms with van der Waals surface area (Å²) in [5, 5.41) is 12.0. The Balaban J connectivity index is 2.20. The van der Waals surface area contributed by atoms with Crippen LogP contribution in [0.25, 0.3) is 0 Å². The number of hydrogen-bond acceptors (Lipinski definition) is 4. The molecule has 0 aliphatic carbocycles. The summed E-state index contributed by atoms with van der Waals surface area (Å²) in [5.41, 5.74) is 0. The van der Waals surface area contributed by atoms with Crippen LogP contribution in [0.2, 0.25) is 4.34 Å². The van der Waals surface area contributed by atoms with Crippen LogP contribution in [0.5, 0.6) is 0 Å². The minimum atomic E-state index is -0.330. The second-order valence-corrected chi connectivity index (χ2v) is 6.16. The Morgan fingerprint density at radius 3 is 2.89 bits per heavy atom. The highest BCUT2D eigenvalue weighted by molar-refractivity contribution is 7.16. The first-order chi connectivity index (χ1) is 8.47. The van der Waals surface area contributed by atoms with Gasteiger partial charge in [0, 0.05) is 11.4 Å². The van der Waals surface area contributed by atoms with Gasteiger partial charge in [0.2, 0.25) is 5.91 Å². The Hall–Kier alpha value is -0.620. The molecule has 1 amide bonds. The van der Waals surface area contributed by atoms with Crippen LogP contribution < -0.4 is 5.32 Å². The van der Waals surface area contributed by atoms with Crippen molar-refractivity contribution in [2.75, 3.05) is 20.1 Å². The molecule has 1 unspecified atom stereocenters. The first kappa shape index (κ1) is 15.4. The number of carbonyl (C=O) groups excluding carboxylic acids is 1. The molecule has 0 saturated carbocycles. The van der Waals surface area contributed by atoms with Crippen LogP contribution in [0, 0.1) is 0 Å². The van der Waals surface area contributed by atoms with Gasteiger partial charge >= 0.3 is 0 Å². The van der Waals surface area contributed by atoms with Gasteiger partial charge in [-0.1, -0.05) is 11.6 Å². The first-order valence-electron chi connectivity index (χ1n) is 5.85. The minimum Gasteiger partial charge on any atom is -0.393 e. The van der Waals surface area contributed by atoms with Crippen molar-refractivity contribution < 1.29 is 9.90 Å². The minimum absolute atomic E-state index is 0.0207. The third-order valence-electron chi connectivity index (χ3n) is 2.43. The van der Waals surface area contributed by atoms with Crippen molar-refractivity contribution in [3.05, 3.63) is 21.3 Å². The maximum Gasteiger partial charge on any atom is 0.234 e. The van der Waals surface area contributed by atoms with Gasteiger partial charge in [-0.25, -0.2) is 0 Å². The summed E-state index contributed by atoms with van der Waals surface area (Å²) in [4.78, 5) is 14.6. The van der Waals surface area contributed by atoms with E-state index in [-0.39, 0.29) is 12.0 Å². The molecule has 0 bridgehead atoms. The number of hydrogen-bond donors (Lipinski definition) is 2. The maximum atomic E-state index is 11.6. The Labute approximate surface area is 117 Å². The fraction of sp³-hybridized carbons (Fsp3) is 0.583. The normalized spacial score (nSPS) is 12.7. The van der Waals surface area contributed by atoms with Crippen molar-refractivity contribution >= 4 is 28.8 Å². The molecule has 0 aliphatic rings. The molecule has 0 radical (unpaired) electrons. The van der Waals surface area contributed by atoms with Crippen LogP contribution in [-0.4, -0.2) is 42.2 Å². The number of aliphatic hydroxyl groups is 1. The molecule has 102 valence electrons. The van der Waals surface area contributed by atoms with E-state index in [9.17, 15) is 4.79 Å². The smallest absolute Gasteiger partial charge is 0.234 e. The zero-order valence-electron chi connectivity index (χ0n) is 10.6. The summed E-state index contributed by atoms with van der Waals surface area (Å²) in [6, 6.07) is 3.73. The van der Waals surface area contributed by atoms with E-state index in [1.165, 1.54) is 11.3 Å². The van der Waals surface area contributed by atoms with Gasteiger partial charge in [0.15, 0.2) is 0 Å². The molecule has 0 spiro atoms. The van der Waals surface area contributed by atoms with Crippen LogP contribution in [-0.2, 0) is 11.3 Å². The number of carbonyl (C=O) groups is 1. The average Bonchev–Trinajstić information content (AvgIpc) is 2.70. The van der Waals surface area contributed by atoms with Gasteiger partial charge in [-0.05, 0) is 32.5 Å². The van der Waals surface area contributed by atoms with Gasteiger partial charge in [-0.2, -0.15) is 0 Å². The van der Waals surface area contributed by atoms with Gasteiger partial charge in [0.05, 0.1) is 23.5 Å². The van der Waals surface area contributed by atoms with Gasteiger partial charge in [0.25, 0.3) is 0 Å². The zero-order valence-corrected chi connectivity index (χ0v) is 12.2. The van der Waals surface area contributed by atoms with Crippen molar-refractivity contribution in [2.24, 2.45) is 0 Å². The van der Waals surface area contributed by atoms with Crippen LogP contribution in [0.1, 0.15) is 18.2 Å². The standard InChI is InChI=1S/C12H19ClN2O2S/c1-9(16)5-6-15(2)8-12(17)14-7-10-3-4-11(13)18-10/h3-4,9,16H,5-8H2,1-2H3,(H,14,17). The summed E-state index contributed by atoms with van der Waals surface area (Å²) in [5.74, 6) is -0.0207. The van der Waals surface area contributed by atoms with Crippen LogP contribution in [0.3, 0.4) is 0 Å². The highest BCUT2D eigenvalue weighted by Crippen LogP contribution is 2.20. The lowest BCUT2D eigenvalue weighted by Gasteiger charge is -2.16. The number of aliphatic hydroxyl groups excluding tert-OH is 1.